The maximum Gasteiger partial charge on any atom is 0.328 e. The van der Waals surface area contributed by atoms with Gasteiger partial charge in [-0.05, 0) is 29.3 Å². The molecule has 0 radical (unpaired) electrons. The van der Waals surface area contributed by atoms with Gasteiger partial charge in [-0.25, -0.2) is 4.79 Å². The summed E-state index contributed by atoms with van der Waals surface area (Å²) >= 11 is 5.92. The van der Waals surface area contributed by atoms with Crippen LogP contribution < -0.4 is 4.74 Å². The number of aromatic amines is 1. The zero-order valence-electron chi connectivity index (χ0n) is 16.5. The maximum atomic E-state index is 12.9. The number of aromatic nitrogens is 1. The van der Waals surface area contributed by atoms with Gasteiger partial charge in [0, 0.05) is 23.0 Å². The predicted octanol–water partition coefficient (Wildman–Crippen LogP) is 3.14. The first kappa shape index (κ1) is 20.1. The number of esters is 1. The molecule has 2 aromatic carbocycles. The van der Waals surface area contributed by atoms with Gasteiger partial charge in [0.1, 0.15) is 11.9 Å². The van der Waals surface area contributed by atoms with Gasteiger partial charge in [0.2, 0.25) is 5.91 Å². The number of phenols is 1. The molecule has 7 nitrogen and oxygen atoms in total. The Bertz CT molecular complexity index is 1130. The summed E-state index contributed by atoms with van der Waals surface area (Å²) in [4.78, 5) is 30.5. The van der Waals surface area contributed by atoms with Gasteiger partial charge in [0.25, 0.3) is 0 Å². The Morgan fingerprint density at radius 1 is 1.23 bits per heavy atom. The molecule has 4 rings (SSSR count). The Morgan fingerprint density at radius 3 is 2.70 bits per heavy atom. The number of benzene rings is 2. The lowest BCUT2D eigenvalue weighted by molar-refractivity contribution is -0.154. The summed E-state index contributed by atoms with van der Waals surface area (Å²) in [5.41, 5.74) is 3.31. The summed E-state index contributed by atoms with van der Waals surface area (Å²) in [5.74, 6) is -0.944. The molecule has 1 aliphatic heterocycles. The van der Waals surface area contributed by atoms with Crippen molar-refractivity contribution in [3.63, 3.8) is 0 Å². The molecule has 0 bridgehead atoms. The number of amides is 1. The Labute approximate surface area is 178 Å². The third-order valence-electron chi connectivity index (χ3n) is 5.53. The minimum absolute atomic E-state index is 0.0198. The average molecular weight is 429 g/mol. The van der Waals surface area contributed by atoms with Gasteiger partial charge in [-0.15, -0.1) is 11.6 Å². The summed E-state index contributed by atoms with van der Waals surface area (Å²) in [6.45, 7) is 0. The van der Waals surface area contributed by atoms with Gasteiger partial charge in [-0.2, -0.15) is 0 Å². The number of H-pyrrole nitrogens is 1. The summed E-state index contributed by atoms with van der Waals surface area (Å²) < 4.78 is 10.3. The molecule has 0 saturated carbocycles. The fourth-order valence-corrected chi connectivity index (χ4v) is 4.33. The molecule has 0 spiro atoms. The zero-order valence-corrected chi connectivity index (χ0v) is 17.3. The Balaban J connectivity index is 1.99. The van der Waals surface area contributed by atoms with E-state index in [9.17, 15) is 14.7 Å². The number of nitrogens with one attached hydrogen (secondary N) is 1. The van der Waals surface area contributed by atoms with E-state index < -0.39 is 24.0 Å². The van der Waals surface area contributed by atoms with E-state index in [0.717, 1.165) is 22.2 Å². The largest absolute Gasteiger partial charge is 0.504 e. The maximum absolute atomic E-state index is 12.9. The number of halogens is 1. The zero-order chi connectivity index (χ0) is 21.4. The molecule has 2 N–H and O–H groups in total. The molecule has 30 heavy (non-hydrogen) atoms. The lowest BCUT2D eigenvalue weighted by Crippen LogP contribution is -2.52. The smallest absolute Gasteiger partial charge is 0.328 e. The SMILES string of the molecule is COC(=O)C1Cc2c([nH]c3ccccc23)C(c2ccc(O)c(OC)c2)N1C(=O)CCl. The van der Waals surface area contributed by atoms with E-state index in [-0.39, 0.29) is 17.4 Å². The van der Waals surface area contributed by atoms with Gasteiger partial charge in [0.05, 0.1) is 20.3 Å². The lowest BCUT2D eigenvalue weighted by atomic mass is 9.87. The van der Waals surface area contributed by atoms with Crippen molar-refractivity contribution in [2.45, 2.75) is 18.5 Å². The van der Waals surface area contributed by atoms with Gasteiger partial charge < -0.3 is 24.5 Å². The van der Waals surface area contributed by atoms with E-state index in [2.05, 4.69) is 4.98 Å². The van der Waals surface area contributed by atoms with E-state index in [4.69, 9.17) is 21.1 Å². The number of ether oxygens (including phenoxy) is 2. The quantitative estimate of drug-likeness (QED) is 0.492. The third-order valence-corrected chi connectivity index (χ3v) is 5.76. The van der Waals surface area contributed by atoms with E-state index in [1.54, 1.807) is 12.1 Å². The van der Waals surface area contributed by atoms with Crippen LogP contribution in [0.3, 0.4) is 0 Å². The average Bonchev–Trinajstić information content (AvgIpc) is 3.15. The summed E-state index contributed by atoms with van der Waals surface area (Å²) in [6.07, 6.45) is 0.306. The number of carbonyl (C=O) groups excluding carboxylic acids is 2. The first-order valence-electron chi connectivity index (χ1n) is 9.41. The van der Waals surface area contributed by atoms with Gasteiger partial charge in [0.15, 0.2) is 11.5 Å². The predicted molar refractivity (Wildman–Crippen MR) is 112 cm³/mol. The van der Waals surface area contributed by atoms with Gasteiger partial charge in [-0.1, -0.05) is 24.3 Å². The van der Waals surface area contributed by atoms with Crippen molar-refractivity contribution in [1.29, 1.82) is 0 Å². The Morgan fingerprint density at radius 2 is 2.00 bits per heavy atom. The second-order valence-electron chi connectivity index (χ2n) is 7.07. The first-order chi connectivity index (χ1) is 14.5. The highest BCUT2D eigenvalue weighted by Gasteiger charge is 2.43. The second-order valence-corrected chi connectivity index (χ2v) is 7.34. The molecular formula is C22H21ClN2O5. The molecule has 3 aromatic rings. The number of rotatable bonds is 4. The molecule has 156 valence electrons. The van der Waals surface area contributed by atoms with Gasteiger partial charge >= 0.3 is 5.97 Å². The Kier molecular flexibility index (Phi) is 5.30. The van der Waals surface area contributed by atoms with Crippen LogP contribution >= 0.6 is 11.6 Å². The molecule has 2 unspecified atom stereocenters. The van der Waals surface area contributed by atoms with Crippen LogP contribution in [0, 0.1) is 0 Å². The van der Waals surface area contributed by atoms with Crippen LogP contribution in [0.4, 0.5) is 0 Å². The van der Waals surface area contributed by atoms with Crippen LogP contribution in [0.25, 0.3) is 10.9 Å². The topological polar surface area (TPSA) is 91.9 Å². The number of hydrogen-bond acceptors (Lipinski definition) is 5. The summed E-state index contributed by atoms with van der Waals surface area (Å²) in [6, 6.07) is 11.2. The summed E-state index contributed by atoms with van der Waals surface area (Å²) in [7, 11) is 2.75. The fourth-order valence-electron chi connectivity index (χ4n) is 4.20. The van der Waals surface area contributed by atoms with Crippen molar-refractivity contribution in [3.05, 3.63) is 59.3 Å². The fraction of sp³-hybridized carbons (Fsp3) is 0.273. The molecule has 1 aromatic heterocycles. The van der Waals surface area contributed by atoms with E-state index in [1.165, 1.54) is 25.2 Å². The van der Waals surface area contributed by atoms with Crippen LogP contribution in [0.1, 0.15) is 22.9 Å². The van der Waals surface area contributed by atoms with Crippen molar-refractivity contribution in [1.82, 2.24) is 9.88 Å². The standard InChI is InChI=1S/C22H21ClN2O5/c1-29-18-9-12(7-8-17(18)26)21-20-14(13-5-3-4-6-15(13)24-20)10-16(22(28)30-2)25(21)19(27)11-23/h3-9,16,21,24,26H,10-11H2,1-2H3. The number of hydrogen-bond donors (Lipinski definition) is 2. The van der Waals surface area contributed by atoms with Crippen molar-refractivity contribution in [3.8, 4) is 11.5 Å². The van der Waals surface area contributed by atoms with Crippen molar-refractivity contribution >= 4 is 34.4 Å². The number of alkyl halides is 1. The molecule has 0 saturated heterocycles. The van der Waals surface area contributed by atoms with E-state index >= 15 is 0 Å². The molecule has 8 heteroatoms. The van der Waals surface area contributed by atoms with Crippen LogP contribution in [0.5, 0.6) is 11.5 Å². The molecular weight excluding hydrogens is 408 g/mol. The molecule has 1 aliphatic rings. The van der Waals surface area contributed by atoms with E-state index in [1.807, 2.05) is 24.3 Å². The Hall–Kier alpha value is -3.19. The highest BCUT2D eigenvalue weighted by Crippen LogP contribution is 2.43. The minimum Gasteiger partial charge on any atom is -0.504 e. The highest BCUT2D eigenvalue weighted by molar-refractivity contribution is 6.27. The minimum atomic E-state index is -0.835. The van der Waals surface area contributed by atoms with Crippen molar-refractivity contribution in [2.24, 2.45) is 0 Å². The lowest BCUT2D eigenvalue weighted by Gasteiger charge is -2.40. The number of methoxy groups -OCH3 is 2. The molecule has 1 amide bonds. The number of para-hydroxylation sites is 1. The van der Waals surface area contributed by atoms with Gasteiger partial charge in [-0.3, -0.25) is 4.79 Å². The van der Waals surface area contributed by atoms with Crippen molar-refractivity contribution < 1.29 is 24.2 Å². The van der Waals surface area contributed by atoms with E-state index in [0.29, 0.717) is 12.0 Å². The highest BCUT2D eigenvalue weighted by atomic mass is 35.5. The van der Waals surface area contributed by atoms with Crippen LogP contribution in [0.15, 0.2) is 42.5 Å². The van der Waals surface area contributed by atoms with Crippen molar-refractivity contribution in [2.75, 3.05) is 20.1 Å². The summed E-state index contributed by atoms with van der Waals surface area (Å²) in [5, 5.41) is 11.0. The second kappa shape index (κ2) is 7.91. The number of aromatic hydroxyl groups is 1. The molecule has 0 fully saturated rings. The molecule has 0 aliphatic carbocycles. The van der Waals surface area contributed by atoms with Crippen LogP contribution in [-0.2, 0) is 20.7 Å². The number of nitrogens with zero attached hydrogens (tertiary/aromatic N) is 1. The van der Waals surface area contributed by atoms with Crippen LogP contribution in [0.2, 0.25) is 0 Å². The number of fused-ring (bicyclic) bond motifs is 3. The number of carbonyl (C=O) groups is 2. The molecule has 2 atom stereocenters. The van der Waals surface area contributed by atoms with Crippen LogP contribution in [-0.4, -0.2) is 53.0 Å². The monoisotopic (exact) mass is 428 g/mol. The first-order valence-corrected chi connectivity index (χ1v) is 9.95. The normalized spacial score (nSPS) is 18.2. The number of phenolic OH excluding ortho intramolecular Hbond substituents is 1. The molecule has 2 heterocycles. The third kappa shape index (κ3) is 3.15.